The van der Waals surface area contributed by atoms with E-state index in [0.29, 0.717) is 33.4 Å². The molecule has 0 fully saturated rings. The lowest BCUT2D eigenvalue weighted by atomic mass is 10.0. The molecule has 180 valence electrons. The van der Waals surface area contributed by atoms with Gasteiger partial charge in [-0.25, -0.2) is 0 Å². The number of hydrogen-bond acceptors (Lipinski definition) is 5. The van der Waals surface area contributed by atoms with Crippen LogP contribution in [0, 0.1) is 0 Å². The molecule has 0 spiro atoms. The van der Waals surface area contributed by atoms with Crippen LogP contribution in [-0.2, 0) is 11.3 Å². The van der Waals surface area contributed by atoms with Crippen LogP contribution in [0.25, 0.3) is 0 Å². The summed E-state index contributed by atoms with van der Waals surface area (Å²) >= 11 is 6.10. The normalized spacial score (nSPS) is 12.1. The monoisotopic (exact) mass is 484 g/mol. The molecule has 1 atom stereocenters. The van der Waals surface area contributed by atoms with Crippen LogP contribution >= 0.6 is 11.6 Å². The number of amides is 2. The van der Waals surface area contributed by atoms with E-state index in [9.17, 15) is 9.59 Å². The zero-order valence-electron chi connectivity index (χ0n) is 19.9. The first-order chi connectivity index (χ1) is 16.1. The Morgan fingerprint density at radius 2 is 1.71 bits per heavy atom. The molecule has 2 aromatic carbocycles. The summed E-state index contributed by atoms with van der Waals surface area (Å²) in [5.74, 6) is 0.748. The van der Waals surface area contributed by atoms with Gasteiger partial charge in [0.05, 0.1) is 27.0 Å². The van der Waals surface area contributed by atoms with Gasteiger partial charge in [0.2, 0.25) is 5.91 Å². The Kier molecular flexibility index (Phi) is 7.89. The maximum absolute atomic E-state index is 13.9. The number of hydrogen-bond donors (Lipinski definition) is 1. The number of carbonyl (C=O) groups excluding carboxylic acids is 2. The van der Waals surface area contributed by atoms with Gasteiger partial charge in [0.1, 0.15) is 11.8 Å². The van der Waals surface area contributed by atoms with Crippen molar-refractivity contribution >= 4 is 23.4 Å². The van der Waals surface area contributed by atoms with E-state index in [4.69, 9.17) is 25.5 Å². The van der Waals surface area contributed by atoms with Crippen molar-refractivity contribution in [1.29, 1.82) is 0 Å². The summed E-state index contributed by atoms with van der Waals surface area (Å²) in [6.07, 6.45) is 1.53. The van der Waals surface area contributed by atoms with E-state index in [0.717, 1.165) is 0 Å². The third-order valence-electron chi connectivity index (χ3n) is 5.04. The van der Waals surface area contributed by atoms with Gasteiger partial charge in [0.15, 0.2) is 11.5 Å². The number of halogens is 1. The van der Waals surface area contributed by atoms with Gasteiger partial charge >= 0.3 is 0 Å². The van der Waals surface area contributed by atoms with E-state index in [1.165, 1.54) is 25.4 Å². The summed E-state index contributed by atoms with van der Waals surface area (Å²) < 4.78 is 16.2. The minimum absolute atomic E-state index is 0.0744. The smallest absolute Gasteiger partial charge is 0.255 e. The molecule has 7 nitrogen and oxygen atoms in total. The number of nitrogens with zero attached hydrogens (tertiary/aromatic N) is 1. The fourth-order valence-electron chi connectivity index (χ4n) is 3.54. The Bertz CT molecular complexity index is 1120. The van der Waals surface area contributed by atoms with Gasteiger partial charge in [-0.1, -0.05) is 23.7 Å². The summed E-state index contributed by atoms with van der Waals surface area (Å²) in [5, 5.41) is 3.53. The highest BCUT2D eigenvalue weighted by Crippen LogP contribution is 2.31. The Morgan fingerprint density at radius 3 is 2.26 bits per heavy atom. The van der Waals surface area contributed by atoms with Gasteiger partial charge in [-0.05, 0) is 68.8 Å². The van der Waals surface area contributed by atoms with E-state index in [2.05, 4.69) is 5.32 Å². The first kappa shape index (κ1) is 25.2. The van der Waals surface area contributed by atoms with Crippen LogP contribution in [0.3, 0.4) is 0 Å². The van der Waals surface area contributed by atoms with Gasteiger partial charge < -0.3 is 24.1 Å². The van der Waals surface area contributed by atoms with Gasteiger partial charge in [0, 0.05) is 16.1 Å². The maximum Gasteiger partial charge on any atom is 0.255 e. The Hall–Kier alpha value is -3.45. The number of benzene rings is 2. The van der Waals surface area contributed by atoms with E-state index in [1.807, 2.05) is 20.8 Å². The minimum atomic E-state index is -0.942. The first-order valence-corrected chi connectivity index (χ1v) is 11.1. The number of furan rings is 1. The summed E-state index contributed by atoms with van der Waals surface area (Å²) in [6.45, 7) is 5.73. The van der Waals surface area contributed by atoms with Crippen molar-refractivity contribution in [1.82, 2.24) is 10.2 Å². The Balaban J connectivity index is 2.11. The number of carbonyl (C=O) groups is 2. The molecular weight excluding hydrogens is 456 g/mol. The van der Waals surface area contributed by atoms with E-state index in [-0.39, 0.29) is 18.4 Å². The lowest BCUT2D eigenvalue weighted by molar-refractivity contribution is -0.127. The molecule has 3 rings (SSSR count). The average molecular weight is 485 g/mol. The molecule has 0 saturated carbocycles. The maximum atomic E-state index is 13.9. The van der Waals surface area contributed by atoms with Crippen molar-refractivity contribution in [3.05, 3.63) is 82.8 Å². The molecule has 1 aromatic heterocycles. The topological polar surface area (TPSA) is 81.0 Å². The molecule has 34 heavy (non-hydrogen) atoms. The molecule has 0 unspecified atom stereocenters. The molecule has 0 aliphatic carbocycles. The molecular formula is C26H29ClN2O5. The Morgan fingerprint density at radius 1 is 1.03 bits per heavy atom. The molecule has 8 heteroatoms. The number of ether oxygens (including phenoxy) is 2. The summed E-state index contributed by atoms with van der Waals surface area (Å²) in [7, 11) is 3.02. The quantitative estimate of drug-likeness (QED) is 0.472. The third kappa shape index (κ3) is 6.11. The van der Waals surface area contributed by atoms with Gasteiger partial charge in [-0.2, -0.15) is 0 Å². The van der Waals surface area contributed by atoms with Crippen LogP contribution in [0.4, 0.5) is 0 Å². The zero-order chi connectivity index (χ0) is 24.9. The van der Waals surface area contributed by atoms with Crippen molar-refractivity contribution in [2.24, 2.45) is 0 Å². The number of nitrogens with one attached hydrogen (secondary N) is 1. The van der Waals surface area contributed by atoms with Crippen LogP contribution < -0.4 is 14.8 Å². The molecule has 0 radical (unpaired) electrons. The highest BCUT2D eigenvalue weighted by molar-refractivity contribution is 6.30. The minimum Gasteiger partial charge on any atom is -0.493 e. The summed E-state index contributed by atoms with van der Waals surface area (Å²) in [5.41, 5.74) is 0.447. The van der Waals surface area contributed by atoms with E-state index in [1.54, 1.807) is 54.6 Å². The highest BCUT2D eigenvalue weighted by atomic mass is 35.5. The average Bonchev–Trinajstić information content (AvgIpc) is 3.31. The van der Waals surface area contributed by atoms with Crippen LogP contribution in [-0.4, -0.2) is 36.5 Å². The second-order valence-corrected chi connectivity index (χ2v) is 9.21. The van der Waals surface area contributed by atoms with E-state index >= 15 is 0 Å². The molecule has 2 amide bonds. The second-order valence-electron chi connectivity index (χ2n) is 8.78. The molecule has 3 aromatic rings. The zero-order valence-corrected chi connectivity index (χ0v) is 20.7. The first-order valence-electron chi connectivity index (χ1n) is 10.8. The van der Waals surface area contributed by atoms with Crippen LogP contribution in [0.2, 0.25) is 5.02 Å². The molecule has 0 aliphatic rings. The summed E-state index contributed by atoms with van der Waals surface area (Å²) in [6, 6.07) is 14.3. The van der Waals surface area contributed by atoms with Crippen molar-refractivity contribution in [2.75, 3.05) is 14.2 Å². The molecule has 0 saturated heterocycles. The van der Waals surface area contributed by atoms with Crippen LogP contribution in [0.1, 0.15) is 48.5 Å². The Labute approximate surface area is 204 Å². The molecule has 0 aliphatic heterocycles. The van der Waals surface area contributed by atoms with Gasteiger partial charge in [0.25, 0.3) is 5.91 Å². The number of methoxy groups -OCH3 is 2. The van der Waals surface area contributed by atoms with Crippen LogP contribution in [0.5, 0.6) is 11.5 Å². The molecule has 0 bridgehead atoms. The predicted molar refractivity (Wildman–Crippen MR) is 130 cm³/mol. The summed E-state index contributed by atoms with van der Waals surface area (Å²) in [4.78, 5) is 28.9. The SMILES string of the molecule is COc1ccc(C(=O)N(Cc2ccco2)[C@H](C(=O)NC(C)(C)C)c2ccc(Cl)cc2)cc1OC. The van der Waals surface area contributed by atoms with Crippen LogP contribution in [0.15, 0.2) is 65.3 Å². The number of rotatable bonds is 8. The van der Waals surface area contributed by atoms with Crippen molar-refractivity contribution < 1.29 is 23.5 Å². The molecule has 1 heterocycles. The largest absolute Gasteiger partial charge is 0.493 e. The highest BCUT2D eigenvalue weighted by Gasteiger charge is 2.34. The molecule has 1 N–H and O–H groups in total. The fourth-order valence-corrected chi connectivity index (χ4v) is 3.67. The lowest BCUT2D eigenvalue weighted by Gasteiger charge is -2.33. The van der Waals surface area contributed by atoms with Gasteiger partial charge in [-0.15, -0.1) is 0 Å². The predicted octanol–water partition coefficient (Wildman–Crippen LogP) is 5.25. The van der Waals surface area contributed by atoms with Gasteiger partial charge in [-0.3, -0.25) is 9.59 Å². The third-order valence-corrected chi connectivity index (χ3v) is 5.29. The van der Waals surface area contributed by atoms with E-state index < -0.39 is 11.6 Å². The van der Waals surface area contributed by atoms with Crippen molar-refractivity contribution in [2.45, 2.75) is 38.9 Å². The fraction of sp³-hybridized carbons (Fsp3) is 0.308. The second kappa shape index (κ2) is 10.7. The lowest BCUT2D eigenvalue weighted by Crippen LogP contribution is -2.49. The van der Waals surface area contributed by atoms with Crippen molar-refractivity contribution in [3.63, 3.8) is 0 Å². The standard InChI is InChI=1S/C26H29ClN2O5/c1-26(2,3)28-24(30)23(17-8-11-19(27)12-9-17)29(16-20-7-6-14-34-20)25(31)18-10-13-21(32-4)22(15-18)33-5/h6-15,23H,16H2,1-5H3,(H,28,30)/t23-/m0/s1. The van der Waals surface area contributed by atoms with Crippen molar-refractivity contribution in [3.8, 4) is 11.5 Å².